The Morgan fingerprint density at radius 2 is 1.62 bits per heavy atom. The number of fused-ring (bicyclic) bond motifs is 1. The van der Waals surface area contributed by atoms with Crippen molar-refractivity contribution in [3.63, 3.8) is 0 Å². The van der Waals surface area contributed by atoms with Gasteiger partial charge in [-0.2, -0.15) is 5.10 Å². The second-order valence-corrected chi connectivity index (χ2v) is 8.93. The molecule has 2 aliphatic heterocycles. The van der Waals surface area contributed by atoms with Crippen molar-refractivity contribution in [2.45, 2.75) is 26.9 Å². The molecule has 198 valence electrons. The molecule has 0 bridgehead atoms. The van der Waals surface area contributed by atoms with Gasteiger partial charge in [0.1, 0.15) is 11.6 Å². The first-order valence-electron chi connectivity index (χ1n) is 12.0. The zero-order valence-electron chi connectivity index (χ0n) is 21.0. The predicted octanol–water partition coefficient (Wildman–Crippen LogP) is 1.16. The van der Waals surface area contributed by atoms with Gasteiger partial charge in [-0.1, -0.05) is 35.0 Å². The van der Waals surface area contributed by atoms with E-state index in [0.717, 1.165) is 10.5 Å². The van der Waals surface area contributed by atoms with E-state index >= 15 is 0 Å². The van der Waals surface area contributed by atoms with Crippen LogP contribution in [0.5, 0.6) is 0 Å². The largest absolute Gasteiger partial charge is 0.545 e. The third-order valence-corrected chi connectivity index (χ3v) is 6.50. The maximum absolute atomic E-state index is 13.8. The lowest BCUT2D eigenvalue weighted by molar-refractivity contribution is -0.255. The number of hydrogen-bond donors (Lipinski definition) is 0. The molecule has 39 heavy (non-hydrogen) atoms. The third kappa shape index (κ3) is 4.15. The third-order valence-electron chi connectivity index (χ3n) is 6.50. The Labute approximate surface area is 221 Å². The van der Waals surface area contributed by atoms with Gasteiger partial charge in [0.05, 0.1) is 35.2 Å². The van der Waals surface area contributed by atoms with Gasteiger partial charge in [-0.05, 0) is 50.6 Å². The fourth-order valence-corrected chi connectivity index (χ4v) is 4.55. The minimum absolute atomic E-state index is 0.0380. The van der Waals surface area contributed by atoms with Crippen molar-refractivity contribution in [1.82, 2.24) is 9.78 Å². The zero-order valence-corrected chi connectivity index (χ0v) is 21.0. The number of carboxylic acid groups (broad SMARTS) is 1. The number of amides is 2. The van der Waals surface area contributed by atoms with Gasteiger partial charge in [-0.25, -0.2) is 14.4 Å². The van der Waals surface area contributed by atoms with Gasteiger partial charge in [0, 0.05) is 0 Å². The number of Topliss-reactive ketones (excluding diaryl/α,β-unsaturated/α-hetero) is 1. The number of esters is 1. The van der Waals surface area contributed by atoms with Gasteiger partial charge < -0.3 is 19.5 Å². The van der Waals surface area contributed by atoms with E-state index in [-0.39, 0.29) is 34.8 Å². The van der Waals surface area contributed by atoms with E-state index in [2.05, 4.69) is 10.3 Å². The minimum atomic E-state index is -1.42. The lowest BCUT2D eigenvalue weighted by Gasteiger charge is -2.16. The molecular weight excluding hydrogens is 508 g/mol. The van der Waals surface area contributed by atoms with Crippen molar-refractivity contribution in [2.75, 3.05) is 11.5 Å². The molecule has 12 nitrogen and oxygen atoms in total. The number of aromatic carboxylic acids is 1. The van der Waals surface area contributed by atoms with E-state index in [0.29, 0.717) is 11.4 Å². The number of benzene rings is 2. The number of hydrogen-bond acceptors (Lipinski definition) is 10. The first-order valence-corrected chi connectivity index (χ1v) is 12.0. The first-order chi connectivity index (χ1) is 18.6. The molecule has 2 aliphatic rings. The van der Waals surface area contributed by atoms with E-state index in [9.17, 15) is 29.1 Å². The summed E-state index contributed by atoms with van der Waals surface area (Å²) in [5.41, 5.74) is 1.08. The molecule has 0 radical (unpaired) electrons. The number of carbonyl (C=O) groups is 5. The molecule has 0 saturated carbocycles. The van der Waals surface area contributed by atoms with E-state index < -0.39 is 41.6 Å². The number of ketones is 1. The van der Waals surface area contributed by atoms with Crippen LogP contribution in [-0.4, -0.2) is 57.7 Å². The van der Waals surface area contributed by atoms with Crippen LogP contribution in [0, 0.1) is 19.8 Å². The van der Waals surface area contributed by atoms with Gasteiger partial charge in [0.15, 0.2) is 5.69 Å². The molecular formula is C27H21N4O8-. The maximum Gasteiger partial charge on any atom is 0.359 e. The van der Waals surface area contributed by atoms with Crippen LogP contribution in [0.25, 0.3) is 5.69 Å². The summed E-state index contributed by atoms with van der Waals surface area (Å²) in [5.74, 6) is -5.98. The van der Waals surface area contributed by atoms with Gasteiger partial charge in [0.2, 0.25) is 17.8 Å². The molecule has 2 atom stereocenters. The maximum atomic E-state index is 13.8. The number of carbonyl (C=O) groups excluding carboxylic acids is 5. The number of ether oxygens (including phenoxy) is 1. The Morgan fingerprint density at radius 3 is 2.23 bits per heavy atom. The van der Waals surface area contributed by atoms with E-state index in [4.69, 9.17) is 9.57 Å². The molecule has 0 unspecified atom stereocenters. The number of anilines is 1. The Balaban J connectivity index is 1.52. The lowest BCUT2D eigenvalue weighted by Crippen LogP contribution is -2.35. The highest BCUT2D eigenvalue weighted by atomic mass is 16.7. The second-order valence-electron chi connectivity index (χ2n) is 8.93. The second kappa shape index (κ2) is 9.63. The van der Waals surface area contributed by atoms with E-state index in [1.54, 1.807) is 26.0 Å². The highest BCUT2D eigenvalue weighted by Crippen LogP contribution is 2.35. The molecule has 12 heteroatoms. The van der Waals surface area contributed by atoms with Crippen molar-refractivity contribution in [1.29, 1.82) is 0 Å². The summed E-state index contributed by atoms with van der Waals surface area (Å²) in [7, 11) is 0. The van der Waals surface area contributed by atoms with Crippen LogP contribution in [0.3, 0.4) is 0 Å². The van der Waals surface area contributed by atoms with Crippen molar-refractivity contribution >= 4 is 40.9 Å². The standard InChI is InChI=1S/C27H22N4O8/c1-4-38-27(37)21-18(14(3)31(28-21)17-9-5-13(2)6-10-17)22(32)20-19-23(39-29-20)25(34)30(24(19)33)16-11-7-15(8-12-16)26(35)36/h5-12,19,23H,4H2,1-3H3,(H,35,36)/p-1/t19-,23-/m0/s1. The molecule has 0 spiro atoms. The van der Waals surface area contributed by atoms with Crippen LogP contribution in [0.4, 0.5) is 5.69 Å². The van der Waals surface area contributed by atoms with Crippen molar-refractivity contribution in [2.24, 2.45) is 11.1 Å². The van der Waals surface area contributed by atoms with Crippen LogP contribution in [0.1, 0.15) is 49.4 Å². The SMILES string of the molecule is CCOC(=O)c1nn(-c2ccc(C)cc2)c(C)c1C(=O)C1=NO[C@@H]2C(=O)N(c3ccc(C(=O)[O-])cc3)C(=O)[C@@H]12. The molecule has 0 aliphatic carbocycles. The quantitative estimate of drug-likeness (QED) is 0.248. The molecule has 1 aromatic heterocycles. The number of imide groups is 1. The fourth-order valence-electron chi connectivity index (χ4n) is 4.55. The molecule has 3 heterocycles. The summed E-state index contributed by atoms with van der Waals surface area (Å²) >= 11 is 0. The molecule has 0 N–H and O–H groups in total. The molecule has 3 aromatic rings. The average molecular weight is 529 g/mol. The summed E-state index contributed by atoms with van der Waals surface area (Å²) in [6.45, 7) is 5.15. The predicted molar refractivity (Wildman–Crippen MR) is 132 cm³/mol. The van der Waals surface area contributed by atoms with Crippen LogP contribution >= 0.6 is 0 Å². The summed E-state index contributed by atoms with van der Waals surface area (Å²) in [6, 6.07) is 12.2. The number of aromatic nitrogens is 2. The summed E-state index contributed by atoms with van der Waals surface area (Å²) in [4.78, 5) is 70.1. The Kier molecular flexibility index (Phi) is 6.30. The number of carboxylic acids is 1. The minimum Gasteiger partial charge on any atom is -0.545 e. The number of nitrogens with zero attached hydrogens (tertiary/aromatic N) is 4. The van der Waals surface area contributed by atoms with Gasteiger partial charge >= 0.3 is 5.97 Å². The molecule has 5 rings (SSSR count). The molecule has 1 fully saturated rings. The van der Waals surface area contributed by atoms with Crippen LogP contribution in [0.2, 0.25) is 0 Å². The Hall–Kier alpha value is -5.13. The number of rotatable bonds is 7. The van der Waals surface area contributed by atoms with Gasteiger partial charge in [-0.3, -0.25) is 14.4 Å². The van der Waals surface area contributed by atoms with E-state index in [1.807, 2.05) is 19.1 Å². The first kappa shape index (κ1) is 25.5. The molecule has 1 saturated heterocycles. The molecule has 2 aromatic carbocycles. The summed E-state index contributed by atoms with van der Waals surface area (Å²) in [5, 5.41) is 19.2. The number of aryl methyl sites for hydroxylation is 1. The molecule has 2 amide bonds. The summed E-state index contributed by atoms with van der Waals surface area (Å²) in [6.07, 6.45) is -1.39. The zero-order chi connectivity index (χ0) is 28.0. The van der Waals surface area contributed by atoms with Crippen LogP contribution in [0.15, 0.2) is 53.7 Å². The fraction of sp³-hybridized carbons (Fsp3) is 0.222. The summed E-state index contributed by atoms with van der Waals surface area (Å²) < 4.78 is 6.53. The Bertz CT molecular complexity index is 1570. The van der Waals surface area contributed by atoms with E-state index in [1.165, 1.54) is 28.9 Å². The van der Waals surface area contributed by atoms with Crippen LogP contribution < -0.4 is 10.0 Å². The van der Waals surface area contributed by atoms with Crippen molar-refractivity contribution < 1.29 is 38.7 Å². The normalized spacial score (nSPS) is 18.0. The Morgan fingerprint density at radius 1 is 0.974 bits per heavy atom. The van der Waals surface area contributed by atoms with Gasteiger partial charge in [0.25, 0.3) is 5.91 Å². The lowest BCUT2D eigenvalue weighted by atomic mass is 9.92. The highest BCUT2D eigenvalue weighted by Gasteiger charge is 2.58. The monoisotopic (exact) mass is 529 g/mol. The number of oxime groups is 1. The van der Waals surface area contributed by atoms with Gasteiger partial charge in [-0.15, -0.1) is 0 Å². The smallest absolute Gasteiger partial charge is 0.359 e. The van der Waals surface area contributed by atoms with Crippen molar-refractivity contribution in [3.05, 3.63) is 76.6 Å². The van der Waals surface area contributed by atoms with Crippen molar-refractivity contribution in [3.8, 4) is 5.69 Å². The highest BCUT2D eigenvalue weighted by molar-refractivity contribution is 6.53. The topological polar surface area (TPSA) is 160 Å². The average Bonchev–Trinajstić information content (AvgIpc) is 3.57. The van der Waals surface area contributed by atoms with Crippen LogP contribution in [-0.2, 0) is 19.2 Å².